The maximum Gasteiger partial charge on any atom is 0.253 e. The summed E-state index contributed by atoms with van der Waals surface area (Å²) in [4.78, 5) is 30.0. The molecule has 0 spiro atoms. The first-order valence-corrected chi connectivity index (χ1v) is 10.3. The topological polar surface area (TPSA) is 88.9 Å². The number of aromatic nitrogens is 3. The maximum absolute atomic E-state index is 13.0. The van der Waals surface area contributed by atoms with Crippen molar-refractivity contribution in [2.45, 2.75) is 33.2 Å². The fourth-order valence-electron chi connectivity index (χ4n) is 3.22. The third-order valence-electron chi connectivity index (χ3n) is 4.64. The molecule has 2 aromatic heterocycles. The quantitative estimate of drug-likeness (QED) is 0.586. The highest BCUT2D eigenvalue weighted by Gasteiger charge is 2.24. The molecule has 0 aliphatic rings. The number of benzene rings is 1. The van der Waals surface area contributed by atoms with Crippen molar-refractivity contribution < 1.29 is 9.59 Å². The number of nitrogens with zero attached hydrogens (tertiary/aromatic N) is 3. The van der Waals surface area contributed by atoms with Gasteiger partial charge < -0.3 is 10.6 Å². The highest BCUT2D eigenvalue weighted by molar-refractivity contribution is 6.36. The van der Waals surface area contributed by atoms with Gasteiger partial charge in [0.05, 0.1) is 28.2 Å². The Morgan fingerprint density at radius 3 is 2.60 bits per heavy atom. The molecule has 0 aliphatic carbocycles. The molecule has 3 rings (SSSR count). The van der Waals surface area contributed by atoms with Crippen LogP contribution in [0.25, 0.3) is 11.0 Å². The minimum Gasteiger partial charge on any atom is -0.340 e. The van der Waals surface area contributed by atoms with Crippen LogP contribution < -0.4 is 10.6 Å². The first kappa shape index (κ1) is 22.1. The molecule has 7 nitrogen and oxygen atoms in total. The lowest BCUT2D eigenvalue weighted by molar-refractivity contribution is -0.118. The molecule has 30 heavy (non-hydrogen) atoms. The molecular formula is C21H23Cl2N5O2. The van der Waals surface area contributed by atoms with Gasteiger partial charge in [-0.05, 0) is 43.5 Å². The highest BCUT2D eigenvalue weighted by atomic mass is 35.5. The number of aryl methyl sites for hydroxylation is 2. The predicted octanol–water partition coefficient (Wildman–Crippen LogP) is 4.37. The Bertz CT molecular complexity index is 1110. The number of fused-ring (bicyclic) bond motifs is 1. The third-order valence-corrected chi connectivity index (χ3v) is 5.18. The van der Waals surface area contributed by atoms with Crippen LogP contribution in [-0.2, 0) is 11.8 Å². The smallest absolute Gasteiger partial charge is 0.253 e. The van der Waals surface area contributed by atoms with E-state index >= 15 is 0 Å². The largest absolute Gasteiger partial charge is 0.340 e. The average Bonchev–Trinajstić information content (AvgIpc) is 2.94. The van der Waals surface area contributed by atoms with E-state index in [9.17, 15) is 9.59 Å². The number of pyridine rings is 1. The lowest BCUT2D eigenvalue weighted by atomic mass is 10.0. The van der Waals surface area contributed by atoms with Gasteiger partial charge in [-0.25, -0.2) is 4.98 Å². The van der Waals surface area contributed by atoms with Crippen LogP contribution in [0.4, 0.5) is 5.69 Å². The average molecular weight is 448 g/mol. The highest BCUT2D eigenvalue weighted by Crippen LogP contribution is 2.22. The Kier molecular flexibility index (Phi) is 6.63. The first-order valence-electron chi connectivity index (χ1n) is 9.52. The van der Waals surface area contributed by atoms with Crippen LogP contribution in [0.15, 0.2) is 30.5 Å². The molecular weight excluding hydrogens is 425 g/mol. The van der Waals surface area contributed by atoms with Crippen LogP contribution >= 0.6 is 23.2 Å². The molecule has 1 aromatic carbocycles. The molecule has 1 atom stereocenters. The normalized spacial score (nSPS) is 12.2. The third kappa shape index (κ3) is 4.91. The number of halogens is 2. The molecule has 0 fully saturated rings. The molecule has 0 bridgehead atoms. The summed E-state index contributed by atoms with van der Waals surface area (Å²) in [6.07, 6.45) is 2.04. The van der Waals surface area contributed by atoms with Crippen LogP contribution in [0.2, 0.25) is 10.0 Å². The molecule has 3 aromatic rings. The predicted molar refractivity (Wildman–Crippen MR) is 119 cm³/mol. The number of rotatable bonds is 6. The number of anilines is 1. The zero-order valence-electron chi connectivity index (χ0n) is 17.2. The van der Waals surface area contributed by atoms with Crippen molar-refractivity contribution in [1.29, 1.82) is 0 Å². The van der Waals surface area contributed by atoms with Crippen molar-refractivity contribution >= 4 is 51.7 Å². The molecule has 2 amide bonds. The molecule has 1 unspecified atom stereocenters. The van der Waals surface area contributed by atoms with Crippen LogP contribution in [-0.4, -0.2) is 32.6 Å². The lowest BCUT2D eigenvalue weighted by Gasteiger charge is -2.20. The van der Waals surface area contributed by atoms with Crippen molar-refractivity contribution in [2.24, 2.45) is 13.0 Å². The van der Waals surface area contributed by atoms with E-state index in [2.05, 4.69) is 20.7 Å². The second-order valence-corrected chi connectivity index (χ2v) is 8.42. The molecule has 158 valence electrons. The van der Waals surface area contributed by atoms with E-state index in [-0.39, 0.29) is 22.4 Å². The van der Waals surface area contributed by atoms with E-state index < -0.39 is 11.9 Å². The van der Waals surface area contributed by atoms with Gasteiger partial charge in [-0.1, -0.05) is 37.0 Å². The Morgan fingerprint density at radius 1 is 1.20 bits per heavy atom. The van der Waals surface area contributed by atoms with Crippen LogP contribution in [0, 0.1) is 12.8 Å². The standard InChI is InChI=1S/C21H23Cl2N5O2/c1-11(2)7-18(26-20(29)15-6-5-13(22)8-17(15)23)21(30)25-14-9-16-12(3)27-28(4)19(16)24-10-14/h5-6,8-11,18H,7H2,1-4H3,(H,25,30)(H,26,29). The summed E-state index contributed by atoms with van der Waals surface area (Å²) >= 11 is 12.0. The lowest BCUT2D eigenvalue weighted by Crippen LogP contribution is -2.44. The van der Waals surface area contributed by atoms with Gasteiger partial charge in [-0.3, -0.25) is 14.3 Å². The van der Waals surface area contributed by atoms with Gasteiger partial charge in [0.1, 0.15) is 6.04 Å². The Balaban J connectivity index is 1.80. The molecule has 0 radical (unpaired) electrons. The van der Waals surface area contributed by atoms with Crippen molar-refractivity contribution in [2.75, 3.05) is 5.32 Å². The Labute approximate surface area is 184 Å². The summed E-state index contributed by atoms with van der Waals surface area (Å²) in [6.45, 7) is 5.84. The molecule has 2 N–H and O–H groups in total. The van der Waals surface area contributed by atoms with Gasteiger partial charge in [0, 0.05) is 17.5 Å². The van der Waals surface area contributed by atoms with Gasteiger partial charge in [-0.15, -0.1) is 0 Å². The van der Waals surface area contributed by atoms with Gasteiger partial charge in [0.25, 0.3) is 5.91 Å². The van der Waals surface area contributed by atoms with E-state index in [0.717, 1.165) is 16.7 Å². The number of hydrogen-bond donors (Lipinski definition) is 2. The van der Waals surface area contributed by atoms with Gasteiger partial charge in [-0.2, -0.15) is 5.10 Å². The van der Waals surface area contributed by atoms with Gasteiger partial charge in [0.15, 0.2) is 5.65 Å². The molecule has 0 saturated carbocycles. The van der Waals surface area contributed by atoms with Crippen LogP contribution in [0.3, 0.4) is 0 Å². The maximum atomic E-state index is 13.0. The number of nitrogens with one attached hydrogen (secondary N) is 2. The van der Waals surface area contributed by atoms with E-state index in [1.807, 2.05) is 33.9 Å². The molecule has 9 heteroatoms. The minimum absolute atomic E-state index is 0.183. The monoisotopic (exact) mass is 447 g/mol. The minimum atomic E-state index is -0.741. The zero-order chi connectivity index (χ0) is 22.0. The molecule has 2 heterocycles. The van der Waals surface area contributed by atoms with Crippen molar-refractivity contribution in [3.05, 3.63) is 51.8 Å². The molecule has 0 saturated heterocycles. The number of carbonyl (C=O) groups excluding carboxylic acids is 2. The number of amides is 2. The first-order chi connectivity index (χ1) is 14.2. The van der Waals surface area contributed by atoms with E-state index in [1.54, 1.807) is 16.9 Å². The van der Waals surface area contributed by atoms with Crippen molar-refractivity contribution in [1.82, 2.24) is 20.1 Å². The fraction of sp³-hybridized carbons (Fsp3) is 0.333. The van der Waals surface area contributed by atoms with E-state index in [4.69, 9.17) is 23.2 Å². The van der Waals surface area contributed by atoms with Crippen molar-refractivity contribution in [3.8, 4) is 0 Å². The SMILES string of the molecule is Cc1nn(C)c2ncc(NC(=O)C(CC(C)C)NC(=O)c3ccc(Cl)cc3Cl)cc12. The second kappa shape index (κ2) is 9.02. The van der Waals surface area contributed by atoms with Crippen molar-refractivity contribution in [3.63, 3.8) is 0 Å². The van der Waals surface area contributed by atoms with Crippen LogP contribution in [0.5, 0.6) is 0 Å². The number of carbonyl (C=O) groups is 2. The van der Waals surface area contributed by atoms with Gasteiger partial charge in [0.2, 0.25) is 5.91 Å². The molecule has 0 aliphatic heterocycles. The Hall–Kier alpha value is -2.64. The summed E-state index contributed by atoms with van der Waals surface area (Å²) in [5.41, 5.74) is 2.35. The number of hydrogen-bond acceptors (Lipinski definition) is 4. The zero-order valence-corrected chi connectivity index (χ0v) is 18.7. The summed E-state index contributed by atoms with van der Waals surface area (Å²) in [5, 5.41) is 11.5. The van der Waals surface area contributed by atoms with E-state index in [0.29, 0.717) is 17.1 Å². The Morgan fingerprint density at radius 2 is 1.93 bits per heavy atom. The summed E-state index contributed by atoms with van der Waals surface area (Å²) in [7, 11) is 1.82. The fourth-order valence-corrected chi connectivity index (χ4v) is 3.71. The second-order valence-electron chi connectivity index (χ2n) is 7.57. The summed E-state index contributed by atoms with van der Waals surface area (Å²) in [6, 6.07) is 5.69. The van der Waals surface area contributed by atoms with Crippen LogP contribution in [0.1, 0.15) is 36.3 Å². The summed E-state index contributed by atoms with van der Waals surface area (Å²) < 4.78 is 1.69. The summed E-state index contributed by atoms with van der Waals surface area (Å²) in [5.74, 6) is -0.582. The van der Waals surface area contributed by atoms with E-state index in [1.165, 1.54) is 12.1 Å². The van der Waals surface area contributed by atoms with Gasteiger partial charge >= 0.3 is 0 Å².